The molecule has 0 aliphatic carbocycles. The fourth-order valence-electron chi connectivity index (χ4n) is 1.43. The first kappa shape index (κ1) is 11.9. The van der Waals surface area contributed by atoms with Gasteiger partial charge in [-0.1, -0.05) is 0 Å². The van der Waals surface area contributed by atoms with Gasteiger partial charge in [-0.05, 0) is 6.42 Å². The number of ether oxygens (including phenoxy) is 1. The minimum absolute atomic E-state index is 0.118. The summed E-state index contributed by atoms with van der Waals surface area (Å²) in [5.41, 5.74) is 10.4. The monoisotopic (exact) mass is 215 g/mol. The van der Waals surface area contributed by atoms with E-state index < -0.39 is 11.9 Å². The third kappa shape index (κ3) is 4.26. The molecule has 6 nitrogen and oxygen atoms in total. The topological polar surface area (TPSA) is 107 Å². The molecule has 1 saturated heterocycles. The molecule has 0 aromatic carbocycles. The van der Waals surface area contributed by atoms with Crippen LogP contribution in [0.5, 0.6) is 0 Å². The van der Waals surface area contributed by atoms with Gasteiger partial charge >= 0.3 is 0 Å². The van der Waals surface area contributed by atoms with E-state index in [0.717, 1.165) is 13.0 Å². The van der Waals surface area contributed by atoms with Gasteiger partial charge in [0.05, 0.1) is 19.1 Å². The lowest BCUT2D eigenvalue weighted by molar-refractivity contribution is -0.126. The molecule has 5 N–H and O–H groups in total. The Labute approximate surface area is 88.3 Å². The van der Waals surface area contributed by atoms with Crippen LogP contribution in [0.4, 0.5) is 0 Å². The molecule has 1 fully saturated rings. The first-order valence-electron chi connectivity index (χ1n) is 4.99. The molecule has 0 saturated carbocycles. The lowest BCUT2D eigenvalue weighted by atomic mass is 10.1. The Morgan fingerprint density at radius 3 is 2.80 bits per heavy atom. The van der Waals surface area contributed by atoms with E-state index >= 15 is 0 Å². The smallest absolute Gasteiger partial charge is 0.237 e. The maximum Gasteiger partial charge on any atom is 0.237 e. The first-order valence-corrected chi connectivity index (χ1v) is 4.99. The van der Waals surface area contributed by atoms with Gasteiger partial charge in [0.25, 0.3) is 0 Å². The number of hydrogen-bond acceptors (Lipinski definition) is 4. The quantitative estimate of drug-likeness (QED) is 0.510. The molecule has 6 heteroatoms. The van der Waals surface area contributed by atoms with Crippen LogP contribution in [0.2, 0.25) is 0 Å². The van der Waals surface area contributed by atoms with Gasteiger partial charge in [-0.25, -0.2) is 0 Å². The van der Waals surface area contributed by atoms with Crippen molar-refractivity contribution in [3.05, 3.63) is 0 Å². The van der Waals surface area contributed by atoms with Crippen molar-refractivity contribution >= 4 is 11.8 Å². The number of hydrogen-bond donors (Lipinski definition) is 3. The average molecular weight is 215 g/mol. The van der Waals surface area contributed by atoms with Gasteiger partial charge in [-0.2, -0.15) is 0 Å². The predicted molar refractivity (Wildman–Crippen MR) is 53.7 cm³/mol. The fourth-order valence-corrected chi connectivity index (χ4v) is 1.43. The van der Waals surface area contributed by atoms with Crippen molar-refractivity contribution in [2.45, 2.75) is 18.9 Å². The third-order valence-electron chi connectivity index (χ3n) is 2.35. The molecule has 1 aliphatic heterocycles. The van der Waals surface area contributed by atoms with Gasteiger partial charge in [0.2, 0.25) is 11.8 Å². The largest absolute Gasteiger partial charge is 0.381 e. The van der Waals surface area contributed by atoms with Crippen LogP contribution in [0.15, 0.2) is 0 Å². The highest BCUT2D eigenvalue weighted by Crippen LogP contribution is 2.10. The van der Waals surface area contributed by atoms with Gasteiger partial charge in [-0.15, -0.1) is 0 Å². The molecular formula is C9H17N3O3. The SMILES string of the molecule is NC(=O)CC(N)C(=O)NCC1CCOC1. The zero-order valence-corrected chi connectivity index (χ0v) is 8.57. The second-order valence-corrected chi connectivity index (χ2v) is 3.75. The Bertz CT molecular complexity index is 239. The van der Waals surface area contributed by atoms with Gasteiger partial charge in [-0.3, -0.25) is 9.59 Å². The third-order valence-corrected chi connectivity index (χ3v) is 2.35. The van der Waals surface area contributed by atoms with E-state index in [1.165, 1.54) is 0 Å². The second-order valence-electron chi connectivity index (χ2n) is 3.75. The minimum Gasteiger partial charge on any atom is -0.381 e. The Hall–Kier alpha value is -1.14. The summed E-state index contributed by atoms with van der Waals surface area (Å²) in [6.45, 7) is 1.96. The summed E-state index contributed by atoms with van der Waals surface area (Å²) in [5.74, 6) is -0.544. The van der Waals surface area contributed by atoms with Crippen molar-refractivity contribution < 1.29 is 14.3 Å². The van der Waals surface area contributed by atoms with Crippen LogP contribution < -0.4 is 16.8 Å². The summed E-state index contributed by atoms with van der Waals surface area (Å²) in [5, 5.41) is 2.68. The van der Waals surface area contributed by atoms with E-state index in [9.17, 15) is 9.59 Å². The summed E-state index contributed by atoms with van der Waals surface area (Å²) < 4.78 is 5.16. The number of primary amides is 1. The fraction of sp³-hybridized carbons (Fsp3) is 0.778. The molecule has 0 bridgehead atoms. The maximum atomic E-state index is 11.4. The normalized spacial score (nSPS) is 22.3. The van der Waals surface area contributed by atoms with Crippen molar-refractivity contribution in [3.63, 3.8) is 0 Å². The summed E-state index contributed by atoms with van der Waals surface area (Å²) >= 11 is 0. The second kappa shape index (κ2) is 5.67. The molecule has 2 unspecified atom stereocenters. The molecule has 0 radical (unpaired) electrons. The number of amides is 2. The van der Waals surface area contributed by atoms with Crippen LogP contribution in [0.1, 0.15) is 12.8 Å². The Balaban J connectivity index is 2.19. The predicted octanol–water partition coefficient (Wildman–Crippen LogP) is -1.66. The van der Waals surface area contributed by atoms with Crippen LogP contribution >= 0.6 is 0 Å². The molecule has 1 heterocycles. The number of carbonyl (C=O) groups is 2. The molecule has 0 aromatic heterocycles. The summed E-state index contributed by atoms with van der Waals surface area (Å²) in [7, 11) is 0. The molecule has 1 aliphatic rings. The van der Waals surface area contributed by atoms with Crippen LogP contribution in [-0.4, -0.2) is 37.6 Å². The van der Waals surface area contributed by atoms with E-state index in [1.54, 1.807) is 0 Å². The summed E-state index contributed by atoms with van der Waals surface area (Å²) in [6.07, 6.45) is 0.832. The molecule has 1 rings (SSSR count). The average Bonchev–Trinajstić information content (AvgIpc) is 2.65. The summed E-state index contributed by atoms with van der Waals surface area (Å²) in [6, 6.07) is -0.843. The summed E-state index contributed by atoms with van der Waals surface area (Å²) in [4.78, 5) is 21.9. The Morgan fingerprint density at radius 2 is 2.27 bits per heavy atom. The molecule has 2 amide bonds. The lowest BCUT2D eigenvalue weighted by Crippen LogP contribution is -2.44. The maximum absolute atomic E-state index is 11.4. The van der Waals surface area contributed by atoms with Gasteiger partial charge < -0.3 is 21.5 Å². The van der Waals surface area contributed by atoms with Gasteiger partial charge in [0.15, 0.2) is 0 Å². The van der Waals surface area contributed by atoms with Crippen LogP contribution in [0.3, 0.4) is 0 Å². The number of nitrogens with two attached hydrogens (primary N) is 2. The highest BCUT2D eigenvalue weighted by molar-refractivity contribution is 5.87. The Morgan fingerprint density at radius 1 is 1.53 bits per heavy atom. The molecule has 15 heavy (non-hydrogen) atoms. The molecule has 0 aromatic rings. The minimum atomic E-state index is -0.843. The first-order chi connectivity index (χ1) is 7.09. The van der Waals surface area contributed by atoms with E-state index in [2.05, 4.69) is 5.32 Å². The van der Waals surface area contributed by atoms with Crippen molar-refractivity contribution in [1.29, 1.82) is 0 Å². The van der Waals surface area contributed by atoms with Crippen molar-refractivity contribution in [2.75, 3.05) is 19.8 Å². The van der Waals surface area contributed by atoms with Crippen LogP contribution in [0, 0.1) is 5.92 Å². The standard InChI is InChI=1S/C9H17N3O3/c10-7(3-8(11)13)9(14)12-4-6-1-2-15-5-6/h6-7H,1-5,10H2,(H2,11,13)(H,12,14). The van der Waals surface area contributed by atoms with Crippen molar-refractivity contribution in [3.8, 4) is 0 Å². The van der Waals surface area contributed by atoms with Crippen molar-refractivity contribution in [1.82, 2.24) is 5.32 Å². The molecule has 2 atom stereocenters. The van der Waals surface area contributed by atoms with Gasteiger partial charge in [0.1, 0.15) is 0 Å². The zero-order chi connectivity index (χ0) is 11.3. The number of carbonyl (C=O) groups excluding carboxylic acids is 2. The highest BCUT2D eigenvalue weighted by atomic mass is 16.5. The molecular weight excluding hydrogens is 198 g/mol. The van der Waals surface area contributed by atoms with E-state index in [-0.39, 0.29) is 12.3 Å². The van der Waals surface area contributed by atoms with E-state index in [0.29, 0.717) is 19.1 Å². The van der Waals surface area contributed by atoms with E-state index in [4.69, 9.17) is 16.2 Å². The van der Waals surface area contributed by atoms with Crippen LogP contribution in [0.25, 0.3) is 0 Å². The van der Waals surface area contributed by atoms with Gasteiger partial charge in [0, 0.05) is 19.1 Å². The molecule has 0 spiro atoms. The Kier molecular flexibility index (Phi) is 4.51. The zero-order valence-electron chi connectivity index (χ0n) is 8.57. The number of rotatable bonds is 5. The van der Waals surface area contributed by atoms with Crippen molar-refractivity contribution in [2.24, 2.45) is 17.4 Å². The number of nitrogens with one attached hydrogen (secondary N) is 1. The van der Waals surface area contributed by atoms with Crippen LogP contribution in [-0.2, 0) is 14.3 Å². The molecule has 86 valence electrons. The highest BCUT2D eigenvalue weighted by Gasteiger charge is 2.19. The lowest BCUT2D eigenvalue weighted by Gasteiger charge is -2.12. The van der Waals surface area contributed by atoms with E-state index in [1.807, 2.05) is 0 Å².